The molecular formula is C21H23N3O3. The molecule has 2 aromatic carbocycles. The van der Waals surface area contributed by atoms with E-state index in [-0.39, 0.29) is 5.95 Å². The normalized spacial score (nSPS) is 10.6. The summed E-state index contributed by atoms with van der Waals surface area (Å²) in [6, 6.07) is 9.96. The molecule has 0 spiro atoms. The van der Waals surface area contributed by atoms with Gasteiger partial charge in [-0.3, -0.25) is 0 Å². The zero-order chi connectivity index (χ0) is 19.6. The zero-order valence-corrected chi connectivity index (χ0v) is 16.2. The van der Waals surface area contributed by atoms with E-state index in [9.17, 15) is 0 Å². The number of aryl methyl sites for hydroxylation is 2. The Morgan fingerprint density at radius 3 is 2.04 bits per heavy atom. The summed E-state index contributed by atoms with van der Waals surface area (Å²) < 4.78 is 16.4. The van der Waals surface area contributed by atoms with Crippen molar-refractivity contribution in [1.29, 1.82) is 0 Å². The number of methoxy groups -OCH3 is 3. The largest absolute Gasteiger partial charge is 0.493 e. The lowest BCUT2D eigenvalue weighted by Gasteiger charge is -2.16. The van der Waals surface area contributed by atoms with Crippen molar-refractivity contribution in [2.45, 2.75) is 13.8 Å². The molecule has 0 saturated carbocycles. The molecule has 0 aliphatic rings. The molecule has 0 unspecified atom stereocenters. The highest BCUT2D eigenvalue weighted by Gasteiger charge is 2.18. The van der Waals surface area contributed by atoms with Gasteiger partial charge in [-0.2, -0.15) is 0 Å². The minimum Gasteiger partial charge on any atom is -0.493 e. The van der Waals surface area contributed by atoms with E-state index >= 15 is 0 Å². The molecule has 27 heavy (non-hydrogen) atoms. The van der Waals surface area contributed by atoms with Crippen molar-refractivity contribution >= 4 is 5.95 Å². The lowest BCUT2D eigenvalue weighted by atomic mass is 9.97. The van der Waals surface area contributed by atoms with E-state index in [0.29, 0.717) is 22.9 Å². The Balaban J connectivity index is 2.25. The summed E-state index contributed by atoms with van der Waals surface area (Å²) >= 11 is 0. The fourth-order valence-corrected chi connectivity index (χ4v) is 2.95. The van der Waals surface area contributed by atoms with Gasteiger partial charge in [0.15, 0.2) is 11.5 Å². The molecule has 0 bridgehead atoms. The minimum absolute atomic E-state index is 0.200. The van der Waals surface area contributed by atoms with E-state index in [4.69, 9.17) is 19.9 Å². The molecule has 0 radical (unpaired) electrons. The molecule has 3 rings (SSSR count). The highest BCUT2D eigenvalue weighted by Crippen LogP contribution is 2.42. The maximum Gasteiger partial charge on any atom is 0.220 e. The number of hydrogen-bond acceptors (Lipinski definition) is 6. The molecule has 0 fully saturated rings. The molecule has 0 saturated heterocycles. The molecule has 6 heteroatoms. The van der Waals surface area contributed by atoms with Gasteiger partial charge in [-0.1, -0.05) is 18.2 Å². The van der Waals surface area contributed by atoms with Crippen LogP contribution in [0, 0.1) is 13.8 Å². The van der Waals surface area contributed by atoms with Gasteiger partial charge in [0.25, 0.3) is 0 Å². The molecule has 1 heterocycles. The molecular weight excluding hydrogens is 342 g/mol. The van der Waals surface area contributed by atoms with Crippen LogP contribution in [0.2, 0.25) is 0 Å². The van der Waals surface area contributed by atoms with Crippen LogP contribution in [0.5, 0.6) is 17.2 Å². The fourth-order valence-electron chi connectivity index (χ4n) is 2.95. The second-order valence-corrected chi connectivity index (χ2v) is 6.20. The van der Waals surface area contributed by atoms with E-state index < -0.39 is 0 Å². The van der Waals surface area contributed by atoms with Gasteiger partial charge in [-0.05, 0) is 42.7 Å². The SMILES string of the molecule is COc1cc(-c2nc(N)ncc2-c2ccc(C)c(C)c2)cc(OC)c1OC. The van der Waals surface area contributed by atoms with Crippen LogP contribution in [-0.2, 0) is 0 Å². The van der Waals surface area contributed by atoms with Crippen molar-refractivity contribution in [1.82, 2.24) is 9.97 Å². The monoisotopic (exact) mass is 365 g/mol. The van der Waals surface area contributed by atoms with Crippen molar-refractivity contribution in [3.05, 3.63) is 47.7 Å². The lowest BCUT2D eigenvalue weighted by Crippen LogP contribution is -2.01. The smallest absolute Gasteiger partial charge is 0.220 e. The van der Waals surface area contributed by atoms with Gasteiger partial charge >= 0.3 is 0 Å². The second kappa shape index (κ2) is 7.53. The van der Waals surface area contributed by atoms with Crippen LogP contribution in [0.25, 0.3) is 22.4 Å². The van der Waals surface area contributed by atoms with Crippen molar-refractivity contribution in [2.75, 3.05) is 27.1 Å². The van der Waals surface area contributed by atoms with Crippen molar-refractivity contribution in [3.8, 4) is 39.6 Å². The van der Waals surface area contributed by atoms with Crippen LogP contribution >= 0.6 is 0 Å². The van der Waals surface area contributed by atoms with Crippen LogP contribution in [-0.4, -0.2) is 31.3 Å². The Kier molecular flexibility index (Phi) is 5.16. The van der Waals surface area contributed by atoms with Gasteiger partial charge in [-0.25, -0.2) is 9.97 Å². The molecule has 0 aliphatic carbocycles. The maximum atomic E-state index is 5.88. The highest BCUT2D eigenvalue weighted by atomic mass is 16.5. The number of nitrogens with zero attached hydrogens (tertiary/aromatic N) is 2. The van der Waals surface area contributed by atoms with Crippen LogP contribution in [0.4, 0.5) is 5.95 Å². The van der Waals surface area contributed by atoms with Crippen LogP contribution < -0.4 is 19.9 Å². The zero-order valence-electron chi connectivity index (χ0n) is 16.2. The summed E-state index contributed by atoms with van der Waals surface area (Å²) in [6.45, 7) is 4.16. The predicted octanol–water partition coefficient (Wildman–Crippen LogP) is 4.04. The minimum atomic E-state index is 0.200. The quantitative estimate of drug-likeness (QED) is 0.735. The first-order valence-electron chi connectivity index (χ1n) is 8.49. The topological polar surface area (TPSA) is 79.5 Å². The predicted molar refractivity (Wildman–Crippen MR) is 106 cm³/mol. The first kappa shape index (κ1) is 18.5. The standard InChI is InChI=1S/C21H23N3O3/c1-12-6-7-14(8-13(12)2)16-11-23-21(22)24-19(16)15-9-17(25-3)20(27-5)18(10-15)26-4/h6-11H,1-5H3,(H2,22,23,24). The van der Waals surface area contributed by atoms with Crippen molar-refractivity contribution in [2.24, 2.45) is 0 Å². The molecule has 140 valence electrons. The summed E-state index contributed by atoms with van der Waals surface area (Å²) in [7, 11) is 4.74. The number of nitrogen functional groups attached to an aromatic ring is 1. The van der Waals surface area contributed by atoms with E-state index in [1.165, 1.54) is 11.1 Å². The highest BCUT2D eigenvalue weighted by molar-refractivity contribution is 5.83. The Morgan fingerprint density at radius 2 is 1.48 bits per heavy atom. The number of rotatable bonds is 5. The summed E-state index contributed by atoms with van der Waals surface area (Å²) in [4.78, 5) is 8.69. The molecule has 2 N–H and O–H groups in total. The van der Waals surface area contributed by atoms with E-state index in [1.807, 2.05) is 12.1 Å². The van der Waals surface area contributed by atoms with Crippen LogP contribution in [0.15, 0.2) is 36.5 Å². The average Bonchev–Trinajstić information content (AvgIpc) is 2.68. The third-order valence-corrected chi connectivity index (χ3v) is 4.56. The molecule has 0 aliphatic heterocycles. The third-order valence-electron chi connectivity index (χ3n) is 4.56. The molecule has 0 amide bonds. The van der Waals surface area contributed by atoms with Gasteiger partial charge in [0.05, 0.1) is 27.0 Å². The Bertz CT molecular complexity index is 961. The van der Waals surface area contributed by atoms with Gasteiger partial charge in [0.1, 0.15) is 0 Å². The lowest BCUT2D eigenvalue weighted by molar-refractivity contribution is 0.324. The first-order valence-corrected chi connectivity index (χ1v) is 8.49. The number of benzene rings is 2. The number of ether oxygens (including phenoxy) is 3. The van der Waals surface area contributed by atoms with Crippen molar-refractivity contribution in [3.63, 3.8) is 0 Å². The third kappa shape index (κ3) is 3.51. The van der Waals surface area contributed by atoms with E-state index in [2.05, 4.69) is 42.0 Å². The van der Waals surface area contributed by atoms with Gasteiger partial charge in [0, 0.05) is 17.3 Å². The number of anilines is 1. The second-order valence-electron chi connectivity index (χ2n) is 6.20. The number of nitrogens with two attached hydrogens (primary N) is 1. The summed E-state index contributed by atoms with van der Waals surface area (Å²) in [5, 5.41) is 0. The Hall–Kier alpha value is -3.28. The van der Waals surface area contributed by atoms with Crippen LogP contribution in [0.3, 0.4) is 0 Å². The molecule has 0 atom stereocenters. The molecule has 1 aromatic heterocycles. The molecule has 6 nitrogen and oxygen atoms in total. The van der Waals surface area contributed by atoms with E-state index in [0.717, 1.165) is 16.7 Å². The summed E-state index contributed by atoms with van der Waals surface area (Å²) in [5.74, 6) is 1.83. The average molecular weight is 365 g/mol. The van der Waals surface area contributed by atoms with Gasteiger partial charge in [-0.15, -0.1) is 0 Å². The Morgan fingerprint density at radius 1 is 0.815 bits per heavy atom. The maximum absolute atomic E-state index is 5.88. The summed E-state index contributed by atoms with van der Waals surface area (Å²) in [6.07, 6.45) is 1.74. The fraction of sp³-hybridized carbons (Fsp3) is 0.238. The van der Waals surface area contributed by atoms with Gasteiger partial charge < -0.3 is 19.9 Å². The van der Waals surface area contributed by atoms with Crippen molar-refractivity contribution < 1.29 is 14.2 Å². The van der Waals surface area contributed by atoms with Gasteiger partial charge in [0.2, 0.25) is 11.7 Å². The molecule has 3 aromatic rings. The van der Waals surface area contributed by atoms with Crippen LogP contribution in [0.1, 0.15) is 11.1 Å². The Labute approximate surface area is 158 Å². The van der Waals surface area contributed by atoms with E-state index in [1.54, 1.807) is 27.5 Å². The first-order chi connectivity index (χ1) is 13.0. The summed E-state index contributed by atoms with van der Waals surface area (Å²) in [5.41, 5.74) is 11.7. The number of hydrogen-bond donors (Lipinski definition) is 1. The number of aromatic nitrogens is 2.